The molecule has 0 unspecified atom stereocenters. The van der Waals surface area contributed by atoms with Crippen LogP contribution in [0.5, 0.6) is 11.5 Å². The number of hydrogen-bond acceptors (Lipinski definition) is 8. The van der Waals surface area contributed by atoms with E-state index < -0.39 is 12.0 Å². The van der Waals surface area contributed by atoms with Crippen LogP contribution in [0.3, 0.4) is 0 Å². The van der Waals surface area contributed by atoms with Crippen molar-refractivity contribution >= 4 is 74.3 Å². The number of halogens is 2. The van der Waals surface area contributed by atoms with Crippen LogP contribution in [0.15, 0.2) is 106 Å². The molecule has 6 rings (SSSR count). The minimum atomic E-state index is -0.776. The van der Waals surface area contributed by atoms with Crippen LogP contribution < -0.4 is 24.4 Å². The first-order valence-corrected chi connectivity index (χ1v) is 17.8. The van der Waals surface area contributed by atoms with Crippen molar-refractivity contribution in [2.75, 3.05) is 13.7 Å². The molecule has 2 heterocycles. The lowest BCUT2D eigenvalue weighted by molar-refractivity contribution is -0.138. The van der Waals surface area contributed by atoms with E-state index in [0.29, 0.717) is 38.5 Å². The summed E-state index contributed by atoms with van der Waals surface area (Å²) in [6.45, 7) is 2.28. The fraction of sp³-hybridized carbons (Fsp3) is 0.135. The summed E-state index contributed by atoms with van der Waals surface area (Å²) in [5.41, 5.74) is 4.35. The smallest absolute Gasteiger partial charge is 0.338 e. The Morgan fingerprint density at radius 1 is 1.02 bits per heavy atom. The molecule has 4 aromatic carbocycles. The number of benzene rings is 4. The first-order valence-electron chi connectivity index (χ1n) is 14.8. The van der Waals surface area contributed by atoms with Crippen LogP contribution in [0.1, 0.15) is 40.8 Å². The summed E-state index contributed by atoms with van der Waals surface area (Å²) < 4.78 is 20.9. The van der Waals surface area contributed by atoms with Crippen molar-refractivity contribution in [3.8, 4) is 17.6 Å². The Bertz CT molecular complexity index is 2230. The number of ether oxygens (including phenoxy) is 3. The molecular formula is C37H27I2N3O5S. The largest absolute Gasteiger partial charge is 0.497 e. The second kappa shape index (κ2) is 14.9. The fourth-order valence-electron chi connectivity index (χ4n) is 5.33. The lowest BCUT2D eigenvalue weighted by atomic mass is 9.93. The lowest BCUT2D eigenvalue weighted by Crippen LogP contribution is -2.40. The van der Waals surface area contributed by atoms with Gasteiger partial charge < -0.3 is 14.2 Å². The van der Waals surface area contributed by atoms with E-state index in [1.54, 1.807) is 30.7 Å². The number of esters is 1. The van der Waals surface area contributed by atoms with Gasteiger partial charge in [0.25, 0.3) is 5.56 Å². The summed E-state index contributed by atoms with van der Waals surface area (Å²) in [5.74, 6) is 0.866. The third kappa shape index (κ3) is 6.96. The van der Waals surface area contributed by atoms with Gasteiger partial charge in [0.15, 0.2) is 4.80 Å². The van der Waals surface area contributed by atoms with Crippen LogP contribution in [0.4, 0.5) is 0 Å². The van der Waals surface area contributed by atoms with E-state index in [-0.39, 0.29) is 12.2 Å². The molecule has 1 aromatic heterocycles. The Balaban J connectivity index is 1.45. The van der Waals surface area contributed by atoms with Gasteiger partial charge >= 0.3 is 5.97 Å². The van der Waals surface area contributed by atoms with Gasteiger partial charge in [0.05, 0.1) is 54.3 Å². The number of carbonyl (C=O) groups is 1. The number of carbonyl (C=O) groups excluding carboxylic acids is 1. The van der Waals surface area contributed by atoms with Crippen LogP contribution in [0.25, 0.3) is 11.8 Å². The van der Waals surface area contributed by atoms with Crippen molar-refractivity contribution in [2.24, 2.45) is 4.99 Å². The highest BCUT2D eigenvalue weighted by atomic mass is 127. The number of nitriles is 1. The average molecular weight is 880 g/mol. The molecular weight excluding hydrogens is 852 g/mol. The molecule has 0 saturated heterocycles. The fourth-order valence-corrected chi connectivity index (χ4v) is 8.45. The van der Waals surface area contributed by atoms with Gasteiger partial charge in [0, 0.05) is 5.56 Å². The van der Waals surface area contributed by atoms with E-state index >= 15 is 0 Å². The third-order valence-electron chi connectivity index (χ3n) is 7.59. The molecule has 0 radical (unpaired) electrons. The SMILES string of the molecule is CCOC(=O)C1=C(c2ccccc2)N=c2s/c(=C\c3cc(I)c(OCc4ccc(C#N)cc4)c(I)c3)c(=O)n2[C@H]1c1ccc(OC)cc1. The van der Waals surface area contributed by atoms with Crippen LogP contribution in [-0.2, 0) is 16.1 Å². The van der Waals surface area contributed by atoms with Crippen molar-refractivity contribution in [1.29, 1.82) is 5.26 Å². The van der Waals surface area contributed by atoms with E-state index in [1.165, 1.54) is 11.3 Å². The predicted molar refractivity (Wildman–Crippen MR) is 201 cm³/mol. The minimum absolute atomic E-state index is 0.175. The van der Waals surface area contributed by atoms with Gasteiger partial charge in [0.2, 0.25) is 0 Å². The second-order valence-electron chi connectivity index (χ2n) is 10.6. The zero-order chi connectivity index (χ0) is 33.8. The summed E-state index contributed by atoms with van der Waals surface area (Å²) in [6, 6.07) is 29.4. The molecule has 1 atom stereocenters. The molecule has 1 aliphatic heterocycles. The Morgan fingerprint density at radius 2 is 1.71 bits per heavy atom. The van der Waals surface area contributed by atoms with E-state index in [2.05, 4.69) is 51.3 Å². The number of rotatable bonds is 9. The van der Waals surface area contributed by atoms with Crippen LogP contribution in [0.2, 0.25) is 0 Å². The van der Waals surface area contributed by atoms with Crippen molar-refractivity contribution in [3.63, 3.8) is 0 Å². The quantitative estimate of drug-likeness (QED) is 0.122. The van der Waals surface area contributed by atoms with Crippen LogP contribution >= 0.6 is 56.5 Å². The van der Waals surface area contributed by atoms with E-state index in [4.69, 9.17) is 24.5 Å². The van der Waals surface area contributed by atoms with Crippen molar-refractivity contribution < 1.29 is 19.0 Å². The lowest BCUT2D eigenvalue weighted by Gasteiger charge is -2.26. The highest BCUT2D eigenvalue weighted by Crippen LogP contribution is 2.36. The van der Waals surface area contributed by atoms with Gasteiger partial charge in [-0.25, -0.2) is 9.79 Å². The van der Waals surface area contributed by atoms with E-state index in [1.807, 2.05) is 84.9 Å². The molecule has 5 aromatic rings. The van der Waals surface area contributed by atoms with E-state index in [0.717, 1.165) is 35.1 Å². The van der Waals surface area contributed by atoms with Gasteiger partial charge in [-0.3, -0.25) is 9.36 Å². The van der Waals surface area contributed by atoms with Crippen molar-refractivity contribution in [2.45, 2.75) is 19.6 Å². The first kappa shape index (κ1) is 33.6. The zero-order valence-corrected chi connectivity index (χ0v) is 30.9. The van der Waals surface area contributed by atoms with Crippen LogP contribution in [0, 0.1) is 18.5 Å². The highest BCUT2D eigenvalue weighted by Gasteiger charge is 2.35. The molecule has 11 heteroatoms. The van der Waals surface area contributed by atoms with Crippen LogP contribution in [-0.4, -0.2) is 24.3 Å². The molecule has 8 nitrogen and oxygen atoms in total. The molecule has 0 spiro atoms. The molecule has 0 bridgehead atoms. The van der Waals surface area contributed by atoms with Gasteiger partial charge in [0.1, 0.15) is 18.1 Å². The van der Waals surface area contributed by atoms with Crippen molar-refractivity contribution in [1.82, 2.24) is 4.57 Å². The number of thiazole rings is 1. The third-order valence-corrected chi connectivity index (χ3v) is 10.2. The zero-order valence-electron chi connectivity index (χ0n) is 25.8. The maximum absolute atomic E-state index is 14.3. The maximum atomic E-state index is 14.3. The minimum Gasteiger partial charge on any atom is -0.497 e. The second-order valence-corrected chi connectivity index (χ2v) is 13.9. The standard InChI is InChI=1S/C37H27I2N3O5S/c1-3-46-36(44)31-32(25-7-5-4-6-8-25)41-37-42(33(31)26-13-15-27(45-2)16-14-26)35(43)30(48-37)19-24-17-28(38)34(29(39)18-24)47-21-23-11-9-22(20-40)10-12-23/h4-19,33H,3,21H2,1-2H3/b30-19-/t33-/m0/s1. The highest BCUT2D eigenvalue weighted by molar-refractivity contribution is 14.1. The number of fused-ring (bicyclic) bond motifs is 1. The Labute approximate surface area is 307 Å². The van der Waals surface area contributed by atoms with Gasteiger partial charge in [-0.2, -0.15) is 5.26 Å². The summed E-state index contributed by atoms with van der Waals surface area (Å²) >= 11 is 5.75. The average Bonchev–Trinajstić information content (AvgIpc) is 3.41. The van der Waals surface area contributed by atoms with Gasteiger partial charge in [-0.05, 0) is 111 Å². The van der Waals surface area contributed by atoms with Gasteiger partial charge in [-0.1, -0.05) is 65.9 Å². The molecule has 1 aliphatic rings. The maximum Gasteiger partial charge on any atom is 0.338 e. The molecule has 0 aliphatic carbocycles. The molecule has 48 heavy (non-hydrogen) atoms. The predicted octanol–water partition coefficient (Wildman–Crippen LogP) is 6.60. The Kier molecular flexibility index (Phi) is 10.4. The van der Waals surface area contributed by atoms with Crippen molar-refractivity contribution in [3.05, 3.63) is 151 Å². The molecule has 240 valence electrons. The topological polar surface area (TPSA) is 103 Å². The summed E-state index contributed by atoms with van der Waals surface area (Å²) in [7, 11) is 1.59. The summed E-state index contributed by atoms with van der Waals surface area (Å²) in [6.07, 6.45) is 1.85. The number of nitrogens with zero attached hydrogens (tertiary/aromatic N) is 3. The number of hydrogen-bond donors (Lipinski definition) is 0. The van der Waals surface area contributed by atoms with E-state index in [9.17, 15) is 9.59 Å². The first-order chi connectivity index (χ1) is 23.3. The summed E-state index contributed by atoms with van der Waals surface area (Å²) in [5, 5.41) is 9.06. The Hall–Kier alpha value is -4.26. The molecule has 0 saturated carbocycles. The molecule has 0 N–H and O–H groups in total. The monoisotopic (exact) mass is 879 g/mol. The number of methoxy groups -OCH3 is 1. The molecule has 0 amide bonds. The normalized spacial score (nSPS) is 14.1. The number of aromatic nitrogens is 1. The Morgan fingerprint density at radius 3 is 2.33 bits per heavy atom. The molecule has 0 fully saturated rings. The summed E-state index contributed by atoms with van der Waals surface area (Å²) in [4.78, 5) is 33.3. The van der Waals surface area contributed by atoms with Gasteiger partial charge in [-0.15, -0.1) is 0 Å².